The van der Waals surface area contributed by atoms with Crippen molar-refractivity contribution in [2.75, 3.05) is 13.1 Å². The number of carboxylic acids is 1. The molecule has 1 N–H and O–H groups in total. The Balaban J connectivity index is 3.84. The maximum atomic E-state index is 12.1. The van der Waals surface area contributed by atoms with Crippen LogP contribution in [0.3, 0.4) is 0 Å². The molecule has 26 heavy (non-hydrogen) atoms. The molecular weight excluding hydrogens is 326 g/mol. The molecule has 0 aromatic rings. The lowest BCUT2D eigenvalue weighted by Crippen LogP contribution is -2.33. The summed E-state index contributed by atoms with van der Waals surface area (Å²) in [6, 6.07) is 0. The molecule has 1 unspecified atom stereocenters. The molecule has 4 heteroatoms. The lowest BCUT2D eigenvalue weighted by molar-refractivity contribution is -0.144. The smallest absolute Gasteiger partial charge is 0.310 e. The second-order valence-electron chi connectivity index (χ2n) is 7.11. The molecule has 152 valence electrons. The predicted molar refractivity (Wildman–Crippen MR) is 109 cm³/mol. The van der Waals surface area contributed by atoms with Crippen molar-refractivity contribution in [3.63, 3.8) is 0 Å². The summed E-state index contributed by atoms with van der Waals surface area (Å²) in [5.41, 5.74) is 0. The van der Waals surface area contributed by atoms with Gasteiger partial charge in [-0.3, -0.25) is 9.59 Å². The standard InChI is InChI=1S/C22H41NO3/c1-4-7-8-9-10-11-12-13-14-15-16-17-18-20(22(25)26)19-21(24)23(5-2)6-3/h17-18,20H,4-16,19H2,1-3H3,(H,25,26)/b18-17+. The first kappa shape index (κ1) is 24.7. The zero-order chi connectivity index (χ0) is 19.6. The Morgan fingerprint density at radius 1 is 0.846 bits per heavy atom. The van der Waals surface area contributed by atoms with Crippen molar-refractivity contribution >= 4 is 11.9 Å². The van der Waals surface area contributed by atoms with Crippen LogP contribution in [0.1, 0.15) is 97.8 Å². The predicted octanol–water partition coefficient (Wildman–Crippen LogP) is 5.81. The van der Waals surface area contributed by atoms with E-state index in [9.17, 15) is 14.7 Å². The van der Waals surface area contributed by atoms with Crippen molar-refractivity contribution in [2.45, 2.75) is 97.8 Å². The number of carbonyl (C=O) groups excluding carboxylic acids is 1. The van der Waals surface area contributed by atoms with Crippen LogP contribution in [0.5, 0.6) is 0 Å². The first-order chi connectivity index (χ1) is 12.6. The van der Waals surface area contributed by atoms with Crippen molar-refractivity contribution in [1.29, 1.82) is 0 Å². The van der Waals surface area contributed by atoms with E-state index in [4.69, 9.17) is 0 Å². The van der Waals surface area contributed by atoms with Gasteiger partial charge < -0.3 is 10.0 Å². The van der Waals surface area contributed by atoms with Crippen LogP contribution in [-0.2, 0) is 9.59 Å². The van der Waals surface area contributed by atoms with Crippen LogP contribution in [0, 0.1) is 5.92 Å². The molecule has 0 aliphatic rings. The highest BCUT2D eigenvalue weighted by atomic mass is 16.4. The third kappa shape index (κ3) is 13.0. The SMILES string of the molecule is CCCCCCCCCCCC/C=C/C(CC(=O)N(CC)CC)C(=O)O. The normalized spacial score (nSPS) is 12.4. The Bertz CT molecular complexity index is 389. The Labute approximate surface area is 161 Å². The van der Waals surface area contributed by atoms with Crippen LogP contribution in [0.2, 0.25) is 0 Å². The van der Waals surface area contributed by atoms with E-state index in [0.29, 0.717) is 13.1 Å². The summed E-state index contributed by atoms with van der Waals surface area (Å²) in [4.78, 5) is 25.1. The number of amides is 1. The monoisotopic (exact) mass is 367 g/mol. The van der Waals surface area contributed by atoms with E-state index >= 15 is 0 Å². The van der Waals surface area contributed by atoms with Gasteiger partial charge in [-0.25, -0.2) is 0 Å². The quantitative estimate of drug-likeness (QED) is 0.260. The number of unbranched alkanes of at least 4 members (excludes halogenated alkanes) is 10. The van der Waals surface area contributed by atoms with E-state index < -0.39 is 11.9 Å². The molecule has 0 fully saturated rings. The fourth-order valence-corrected chi connectivity index (χ4v) is 3.14. The fourth-order valence-electron chi connectivity index (χ4n) is 3.14. The number of carbonyl (C=O) groups is 2. The maximum Gasteiger partial charge on any atom is 0.310 e. The number of allylic oxidation sites excluding steroid dienone is 1. The molecule has 1 atom stereocenters. The van der Waals surface area contributed by atoms with Crippen LogP contribution in [0.15, 0.2) is 12.2 Å². The number of aliphatic carboxylic acids is 1. The third-order valence-corrected chi connectivity index (χ3v) is 4.92. The van der Waals surface area contributed by atoms with E-state index in [2.05, 4.69) is 6.92 Å². The zero-order valence-corrected chi connectivity index (χ0v) is 17.3. The molecule has 0 rings (SSSR count). The van der Waals surface area contributed by atoms with Gasteiger partial charge in [0.05, 0.1) is 5.92 Å². The second-order valence-corrected chi connectivity index (χ2v) is 7.11. The summed E-state index contributed by atoms with van der Waals surface area (Å²) in [6.45, 7) is 7.33. The van der Waals surface area contributed by atoms with E-state index in [1.54, 1.807) is 11.0 Å². The minimum atomic E-state index is -0.912. The molecule has 0 saturated carbocycles. The van der Waals surface area contributed by atoms with Crippen molar-refractivity contribution < 1.29 is 14.7 Å². The summed E-state index contributed by atoms with van der Waals surface area (Å²) >= 11 is 0. The molecule has 0 spiro atoms. The van der Waals surface area contributed by atoms with Gasteiger partial charge in [0.25, 0.3) is 0 Å². The molecule has 4 nitrogen and oxygen atoms in total. The summed E-state index contributed by atoms with van der Waals surface area (Å²) in [7, 11) is 0. The van der Waals surface area contributed by atoms with Crippen LogP contribution in [0.4, 0.5) is 0 Å². The van der Waals surface area contributed by atoms with Gasteiger partial charge in [-0.1, -0.05) is 76.9 Å². The molecule has 0 aliphatic carbocycles. The number of carboxylic acid groups (broad SMARTS) is 1. The zero-order valence-electron chi connectivity index (χ0n) is 17.3. The number of nitrogens with zero attached hydrogens (tertiary/aromatic N) is 1. The van der Waals surface area contributed by atoms with Crippen molar-refractivity contribution in [2.24, 2.45) is 5.92 Å². The number of hydrogen-bond acceptors (Lipinski definition) is 2. The van der Waals surface area contributed by atoms with E-state index in [1.165, 1.54) is 57.8 Å². The Morgan fingerprint density at radius 2 is 1.35 bits per heavy atom. The highest BCUT2D eigenvalue weighted by Crippen LogP contribution is 2.13. The molecule has 0 bridgehead atoms. The largest absolute Gasteiger partial charge is 0.481 e. The Hall–Kier alpha value is -1.32. The van der Waals surface area contributed by atoms with Gasteiger partial charge in [-0.15, -0.1) is 0 Å². The van der Waals surface area contributed by atoms with Gasteiger partial charge in [-0.2, -0.15) is 0 Å². The number of rotatable bonds is 17. The first-order valence-electron chi connectivity index (χ1n) is 10.7. The van der Waals surface area contributed by atoms with Crippen molar-refractivity contribution in [3.05, 3.63) is 12.2 Å². The van der Waals surface area contributed by atoms with Crippen LogP contribution >= 0.6 is 0 Å². The Kier molecular flexibility index (Phi) is 16.2. The van der Waals surface area contributed by atoms with E-state index in [-0.39, 0.29) is 12.3 Å². The summed E-state index contributed by atoms with van der Waals surface area (Å²) in [5.74, 6) is -1.69. The van der Waals surface area contributed by atoms with Crippen LogP contribution in [0.25, 0.3) is 0 Å². The van der Waals surface area contributed by atoms with Gasteiger partial charge >= 0.3 is 5.97 Å². The molecule has 0 aromatic heterocycles. The highest BCUT2D eigenvalue weighted by molar-refractivity contribution is 5.83. The van der Waals surface area contributed by atoms with Gasteiger partial charge in [-0.05, 0) is 26.7 Å². The average molecular weight is 368 g/mol. The lowest BCUT2D eigenvalue weighted by atomic mass is 10.0. The topological polar surface area (TPSA) is 57.6 Å². The molecule has 0 radical (unpaired) electrons. The van der Waals surface area contributed by atoms with E-state index in [0.717, 1.165) is 12.8 Å². The summed E-state index contributed by atoms with van der Waals surface area (Å²) in [6.07, 6.45) is 17.6. The highest BCUT2D eigenvalue weighted by Gasteiger charge is 2.20. The molecule has 0 saturated heterocycles. The van der Waals surface area contributed by atoms with Crippen LogP contribution in [-0.4, -0.2) is 35.0 Å². The molecular formula is C22H41NO3. The molecule has 1 amide bonds. The third-order valence-electron chi connectivity index (χ3n) is 4.92. The van der Waals surface area contributed by atoms with E-state index in [1.807, 2.05) is 19.9 Å². The van der Waals surface area contributed by atoms with Gasteiger partial charge in [0.2, 0.25) is 5.91 Å². The fraction of sp³-hybridized carbons (Fsp3) is 0.818. The maximum absolute atomic E-state index is 12.1. The van der Waals surface area contributed by atoms with Crippen molar-refractivity contribution in [3.8, 4) is 0 Å². The Morgan fingerprint density at radius 3 is 1.81 bits per heavy atom. The first-order valence-corrected chi connectivity index (χ1v) is 10.7. The minimum absolute atomic E-state index is 0.0611. The van der Waals surface area contributed by atoms with Gasteiger partial charge in [0.15, 0.2) is 0 Å². The van der Waals surface area contributed by atoms with Gasteiger partial charge in [0.1, 0.15) is 0 Å². The van der Waals surface area contributed by atoms with Gasteiger partial charge in [0, 0.05) is 19.5 Å². The lowest BCUT2D eigenvalue weighted by Gasteiger charge is -2.19. The summed E-state index contributed by atoms with van der Waals surface area (Å²) in [5, 5.41) is 9.30. The second kappa shape index (κ2) is 17.1. The van der Waals surface area contributed by atoms with Crippen molar-refractivity contribution in [1.82, 2.24) is 4.90 Å². The molecule has 0 aliphatic heterocycles. The molecule has 0 heterocycles. The minimum Gasteiger partial charge on any atom is -0.481 e. The summed E-state index contributed by atoms with van der Waals surface area (Å²) < 4.78 is 0. The molecule has 0 aromatic carbocycles. The average Bonchev–Trinajstić information content (AvgIpc) is 2.62. The van der Waals surface area contributed by atoms with Crippen LogP contribution < -0.4 is 0 Å². The number of hydrogen-bond donors (Lipinski definition) is 1.